The third-order valence-electron chi connectivity index (χ3n) is 4.43. The van der Waals surface area contributed by atoms with E-state index in [1.54, 1.807) is 20.3 Å². The molecule has 1 atom stereocenters. The lowest BCUT2D eigenvalue weighted by molar-refractivity contribution is -0.115. The molecule has 138 valence electrons. The number of allylic oxidation sites excluding steroid dienone is 2. The summed E-state index contributed by atoms with van der Waals surface area (Å²) < 4.78 is 37.7. The number of carbonyl (C=O) groups is 1. The van der Waals surface area contributed by atoms with Crippen LogP contribution in [0.1, 0.15) is 31.2 Å². The van der Waals surface area contributed by atoms with E-state index in [2.05, 4.69) is 0 Å². The maximum atomic E-state index is 11.6. The van der Waals surface area contributed by atoms with Crippen molar-refractivity contribution in [3.05, 3.63) is 35.9 Å². The number of ether oxygens (including phenoxy) is 2. The molecule has 0 saturated heterocycles. The molecule has 7 heteroatoms. The van der Waals surface area contributed by atoms with E-state index in [9.17, 15) is 13.2 Å². The van der Waals surface area contributed by atoms with Crippen molar-refractivity contribution in [1.82, 2.24) is 0 Å². The Bertz CT molecular complexity index is 753. The molecule has 0 bridgehead atoms. The second kappa shape index (κ2) is 8.01. The van der Waals surface area contributed by atoms with Gasteiger partial charge in [0.2, 0.25) is 0 Å². The molecule has 1 aliphatic rings. The Hall–Kier alpha value is -1.86. The normalized spacial score (nSPS) is 20.5. The van der Waals surface area contributed by atoms with Crippen LogP contribution < -0.4 is 9.47 Å². The van der Waals surface area contributed by atoms with Gasteiger partial charge < -0.3 is 9.47 Å². The predicted octanol–water partition coefficient (Wildman–Crippen LogP) is 2.62. The number of methoxy groups -OCH3 is 2. The van der Waals surface area contributed by atoms with E-state index >= 15 is 0 Å². The van der Waals surface area contributed by atoms with Gasteiger partial charge in [0, 0.05) is 11.8 Å². The van der Waals surface area contributed by atoms with Crippen LogP contribution in [0.25, 0.3) is 0 Å². The maximum absolute atomic E-state index is 11.6. The summed E-state index contributed by atoms with van der Waals surface area (Å²) in [6, 6.07) is 5.71. The number of ketones is 1. The summed E-state index contributed by atoms with van der Waals surface area (Å²) in [7, 11) is -0.292. The van der Waals surface area contributed by atoms with E-state index < -0.39 is 10.1 Å². The lowest BCUT2D eigenvalue weighted by atomic mass is 9.70. The molecular formula is C18H24O6S. The SMILES string of the molecule is COc1ccc(C2(CCCOS(C)(=O)=O)C=CC(=O)CC2)cc1OC. The van der Waals surface area contributed by atoms with Crippen molar-refractivity contribution in [2.75, 3.05) is 27.1 Å². The third kappa shape index (κ3) is 5.06. The average Bonchev–Trinajstić information content (AvgIpc) is 2.59. The molecular weight excluding hydrogens is 344 g/mol. The van der Waals surface area contributed by atoms with Crippen LogP contribution in [0, 0.1) is 0 Å². The van der Waals surface area contributed by atoms with E-state index in [1.165, 1.54) is 0 Å². The number of hydrogen-bond donors (Lipinski definition) is 0. The lowest BCUT2D eigenvalue weighted by Crippen LogP contribution is -2.28. The summed E-state index contributed by atoms with van der Waals surface area (Å²) in [4.78, 5) is 11.6. The number of carbonyl (C=O) groups excluding carboxylic acids is 1. The Morgan fingerprint density at radius 2 is 1.88 bits per heavy atom. The third-order valence-corrected chi connectivity index (χ3v) is 5.02. The van der Waals surface area contributed by atoms with Crippen molar-refractivity contribution < 1.29 is 26.9 Å². The minimum atomic E-state index is -3.45. The van der Waals surface area contributed by atoms with Gasteiger partial charge in [-0.1, -0.05) is 12.1 Å². The van der Waals surface area contributed by atoms with Gasteiger partial charge in [-0.25, -0.2) is 0 Å². The smallest absolute Gasteiger partial charge is 0.264 e. The van der Waals surface area contributed by atoms with Crippen molar-refractivity contribution in [3.63, 3.8) is 0 Å². The fourth-order valence-electron chi connectivity index (χ4n) is 3.10. The topological polar surface area (TPSA) is 78.9 Å². The molecule has 0 N–H and O–H groups in total. The molecule has 0 saturated carbocycles. The summed E-state index contributed by atoms with van der Waals surface area (Å²) >= 11 is 0. The van der Waals surface area contributed by atoms with Crippen LogP contribution in [0.3, 0.4) is 0 Å². The zero-order valence-electron chi connectivity index (χ0n) is 14.8. The summed E-state index contributed by atoms with van der Waals surface area (Å²) in [6.07, 6.45) is 6.91. The zero-order chi connectivity index (χ0) is 18.5. The first-order chi connectivity index (χ1) is 11.8. The molecule has 0 amide bonds. The summed E-state index contributed by atoms with van der Waals surface area (Å²) in [5, 5.41) is 0. The van der Waals surface area contributed by atoms with Gasteiger partial charge in [-0.3, -0.25) is 8.98 Å². The second-order valence-electron chi connectivity index (χ2n) is 6.16. The van der Waals surface area contributed by atoms with Crippen LogP contribution in [0.15, 0.2) is 30.4 Å². The van der Waals surface area contributed by atoms with E-state index in [0.717, 1.165) is 11.8 Å². The van der Waals surface area contributed by atoms with Crippen molar-refractivity contribution in [3.8, 4) is 11.5 Å². The van der Waals surface area contributed by atoms with Gasteiger partial charge in [-0.15, -0.1) is 0 Å². The Morgan fingerprint density at radius 1 is 1.16 bits per heavy atom. The highest BCUT2D eigenvalue weighted by atomic mass is 32.2. The maximum Gasteiger partial charge on any atom is 0.264 e. The summed E-state index contributed by atoms with van der Waals surface area (Å²) in [5.74, 6) is 1.36. The van der Waals surface area contributed by atoms with Crippen molar-refractivity contribution in [2.24, 2.45) is 0 Å². The average molecular weight is 368 g/mol. The van der Waals surface area contributed by atoms with E-state index in [4.69, 9.17) is 13.7 Å². The molecule has 2 rings (SSSR count). The van der Waals surface area contributed by atoms with Crippen molar-refractivity contribution >= 4 is 15.9 Å². The largest absolute Gasteiger partial charge is 0.493 e. The van der Waals surface area contributed by atoms with Crippen molar-refractivity contribution in [1.29, 1.82) is 0 Å². The molecule has 0 heterocycles. The van der Waals surface area contributed by atoms with Crippen LogP contribution in [0.4, 0.5) is 0 Å². The molecule has 1 unspecified atom stereocenters. The number of rotatable bonds is 8. The Kier molecular flexibility index (Phi) is 6.24. The molecule has 25 heavy (non-hydrogen) atoms. The highest BCUT2D eigenvalue weighted by Crippen LogP contribution is 2.41. The van der Waals surface area contributed by atoms with E-state index in [0.29, 0.717) is 37.2 Å². The predicted molar refractivity (Wildman–Crippen MR) is 94.6 cm³/mol. The molecule has 0 fully saturated rings. The van der Waals surface area contributed by atoms with Gasteiger partial charge in [0.15, 0.2) is 17.3 Å². The zero-order valence-corrected chi connectivity index (χ0v) is 15.6. The second-order valence-corrected chi connectivity index (χ2v) is 7.80. The minimum absolute atomic E-state index is 0.100. The van der Waals surface area contributed by atoms with Crippen LogP contribution >= 0.6 is 0 Å². The van der Waals surface area contributed by atoms with Crippen molar-refractivity contribution in [2.45, 2.75) is 31.1 Å². The highest BCUT2D eigenvalue weighted by Gasteiger charge is 2.33. The molecule has 1 aliphatic carbocycles. The molecule has 0 aliphatic heterocycles. The van der Waals surface area contributed by atoms with Crippen LogP contribution in [0.5, 0.6) is 11.5 Å². The number of benzene rings is 1. The lowest BCUT2D eigenvalue weighted by Gasteiger charge is -2.34. The first-order valence-corrected chi connectivity index (χ1v) is 9.90. The molecule has 0 spiro atoms. The van der Waals surface area contributed by atoms with Crippen LogP contribution in [-0.2, 0) is 24.5 Å². The van der Waals surface area contributed by atoms with Gasteiger partial charge in [0.1, 0.15) is 0 Å². The van der Waals surface area contributed by atoms with Gasteiger partial charge in [-0.2, -0.15) is 8.42 Å². The van der Waals surface area contributed by atoms with E-state index in [1.807, 2.05) is 24.3 Å². The molecule has 0 aromatic heterocycles. The first kappa shape index (κ1) is 19.5. The molecule has 1 aromatic carbocycles. The van der Waals surface area contributed by atoms with Gasteiger partial charge >= 0.3 is 0 Å². The van der Waals surface area contributed by atoms with Gasteiger partial charge in [0.05, 0.1) is 27.1 Å². The summed E-state index contributed by atoms with van der Waals surface area (Å²) in [5.41, 5.74) is 0.655. The van der Waals surface area contributed by atoms with Crippen LogP contribution in [0.2, 0.25) is 0 Å². The molecule has 1 aromatic rings. The Labute approximate surface area is 148 Å². The monoisotopic (exact) mass is 368 g/mol. The van der Waals surface area contributed by atoms with Gasteiger partial charge in [0.25, 0.3) is 10.1 Å². The first-order valence-electron chi connectivity index (χ1n) is 8.09. The minimum Gasteiger partial charge on any atom is -0.493 e. The van der Waals surface area contributed by atoms with Gasteiger partial charge in [-0.05, 0) is 43.0 Å². The quantitative estimate of drug-likeness (QED) is 0.518. The Morgan fingerprint density at radius 3 is 2.44 bits per heavy atom. The highest BCUT2D eigenvalue weighted by molar-refractivity contribution is 7.85. The fourth-order valence-corrected chi connectivity index (χ4v) is 3.52. The Balaban J connectivity index is 2.27. The van der Waals surface area contributed by atoms with Crippen LogP contribution in [-0.4, -0.2) is 41.3 Å². The standard InChI is InChI=1S/C18H24O6S/c1-22-16-6-5-14(13-17(16)23-2)18(10-7-15(19)8-11-18)9-4-12-24-25(3,20)21/h5-7,10,13H,4,8-9,11-12H2,1-3H3. The number of hydrogen-bond acceptors (Lipinski definition) is 6. The molecule has 0 radical (unpaired) electrons. The van der Waals surface area contributed by atoms with E-state index in [-0.39, 0.29) is 17.8 Å². The fraction of sp³-hybridized carbons (Fsp3) is 0.500. The summed E-state index contributed by atoms with van der Waals surface area (Å²) in [6.45, 7) is 0.121. The molecule has 6 nitrogen and oxygen atoms in total.